The summed E-state index contributed by atoms with van der Waals surface area (Å²) in [5.41, 5.74) is 0.0358. The largest absolute Gasteiger partial charge is 0.481 e. The van der Waals surface area contributed by atoms with Crippen molar-refractivity contribution < 1.29 is 24.0 Å². The van der Waals surface area contributed by atoms with Gasteiger partial charge in [-0.2, -0.15) is 5.10 Å². The van der Waals surface area contributed by atoms with Crippen LogP contribution in [0.3, 0.4) is 0 Å². The number of hydrogen-bond donors (Lipinski definition) is 2. The second kappa shape index (κ2) is 7.26. The number of carbonyl (C=O) groups is 2. The number of nitrogens with zero attached hydrogens (tertiary/aromatic N) is 3. The van der Waals surface area contributed by atoms with Crippen LogP contribution < -0.4 is 5.32 Å². The van der Waals surface area contributed by atoms with E-state index in [0.717, 1.165) is 5.56 Å². The average Bonchev–Trinajstić information content (AvgIpc) is 3.07. The van der Waals surface area contributed by atoms with E-state index in [9.17, 15) is 9.59 Å². The molecule has 0 aliphatic rings. The fourth-order valence-corrected chi connectivity index (χ4v) is 2.33. The summed E-state index contributed by atoms with van der Waals surface area (Å²) in [6.45, 7) is 3.92. The second-order valence-corrected chi connectivity index (χ2v) is 5.91. The van der Waals surface area contributed by atoms with Crippen LogP contribution in [0, 0.1) is 6.92 Å². The fourth-order valence-electron chi connectivity index (χ4n) is 2.33. The third-order valence-electron chi connectivity index (χ3n) is 3.29. The third kappa shape index (κ3) is 4.66. The van der Waals surface area contributed by atoms with Gasteiger partial charge in [0.15, 0.2) is 11.5 Å². The van der Waals surface area contributed by atoms with Crippen LogP contribution in [0.4, 0.5) is 0 Å². The van der Waals surface area contributed by atoms with Gasteiger partial charge in [-0.3, -0.25) is 14.3 Å². The zero-order chi connectivity index (χ0) is 17.7. The Morgan fingerprint density at radius 1 is 1.50 bits per heavy atom. The van der Waals surface area contributed by atoms with Gasteiger partial charge in [0.05, 0.1) is 24.8 Å². The van der Waals surface area contributed by atoms with E-state index in [0.29, 0.717) is 12.3 Å². The molecule has 2 aromatic heterocycles. The molecule has 24 heavy (non-hydrogen) atoms. The van der Waals surface area contributed by atoms with Gasteiger partial charge in [0, 0.05) is 19.4 Å². The van der Waals surface area contributed by atoms with Gasteiger partial charge in [0.2, 0.25) is 0 Å². The minimum atomic E-state index is -1.05. The van der Waals surface area contributed by atoms with Crippen molar-refractivity contribution in [3.8, 4) is 0 Å². The van der Waals surface area contributed by atoms with Crippen molar-refractivity contribution in [2.24, 2.45) is 0 Å². The van der Waals surface area contributed by atoms with Crippen molar-refractivity contribution in [3.05, 3.63) is 35.5 Å². The number of aliphatic carboxylic acids is 1. The van der Waals surface area contributed by atoms with Crippen molar-refractivity contribution in [3.63, 3.8) is 0 Å². The Kier molecular flexibility index (Phi) is 5.35. The Morgan fingerprint density at radius 3 is 2.83 bits per heavy atom. The third-order valence-corrected chi connectivity index (χ3v) is 3.29. The molecule has 0 aromatic carbocycles. The molecule has 2 aromatic rings. The number of amides is 1. The number of rotatable bonds is 8. The predicted molar refractivity (Wildman–Crippen MR) is 82.6 cm³/mol. The summed E-state index contributed by atoms with van der Waals surface area (Å²) in [6.07, 6.45) is 3.28. The van der Waals surface area contributed by atoms with E-state index in [4.69, 9.17) is 14.4 Å². The number of nitrogens with one attached hydrogen (secondary N) is 1. The molecule has 9 heteroatoms. The lowest BCUT2D eigenvalue weighted by Gasteiger charge is -2.27. The molecule has 1 unspecified atom stereocenters. The van der Waals surface area contributed by atoms with Crippen molar-refractivity contribution in [2.75, 3.05) is 13.7 Å². The Balaban J connectivity index is 2.05. The van der Waals surface area contributed by atoms with Gasteiger partial charge in [0.1, 0.15) is 6.54 Å². The van der Waals surface area contributed by atoms with E-state index in [1.807, 2.05) is 13.1 Å². The van der Waals surface area contributed by atoms with Gasteiger partial charge in [-0.15, -0.1) is 0 Å². The first-order valence-electron chi connectivity index (χ1n) is 7.29. The summed E-state index contributed by atoms with van der Waals surface area (Å²) >= 11 is 0. The van der Waals surface area contributed by atoms with Crippen molar-refractivity contribution in [1.29, 1.82) is 0 Å². The van der Waals surface area contributed by atoms with Crippen LogP contribution in [0.1, 0.15) is 35.2 Å². The van der Waals surface area contributed by atoms with Crippen molar-refractivity contribution >= 4 is 11.9 Å². The smallest absolute Gasteiger partial charge is 0.305 e. The molecular formula is C15H20N4O5. The van der Waals surface area contributed by atoms with Gasteiger partial charge < -0.3 is 19.7 Å². The van der Waals surface area contributed by atoms with Crippen LogP contribution in [0.5, 0.6) is 0 Å². The predicted octanol–water partition coefficient (Wildman–Crippen LogP) is 0.837. The van der Waals surface area contributed by atoms with Crippen LogP contribution >= 0.6 is 0 Å². The molecule has 2 rings (SSSR count). The van der Waals surface area contributed by atoms with Gasteiger partial charge >= 0.3 is 5.97 Å². The quantitative estimate of drug-likeness (QED) is 0.733. The number of aryl methyl sites for hydroxylation is 1. The lowest BCUT2D eigenvalue weighted by atomic mass is 9.98. The molecule has 0 saturated carbocycles. The average molecular weight is 336 g/mol. The molecule has 2 heterocycles. The first-order valence-corrected chi connectivity index (χ1v) is 7.29. The number of aromatic nitrogens is 3. The molecule has 0 radical (unpaired) electrons. The zero-order valence-electron chi connectivity index (χ0n) is 13.8. The first kappa shape index (κ1) is 17.7. The monoisotopic (exact) mass is 336 g/mol. The minimum Gasteiger partial charge on any atom is -0.481 e. The maximum absolute atomic E-state index is 12.3. The number of hydrogen-bond acceptors (Lipinski definition) is 6. The highest BCUT2D eigenvalue weighted by atomic mass is 16.5. The lowest BCUT2D eigenvalue weighted by molar-refractivity contribution is -0.139. The second-order valence-electron chi connectivity index (χ2n) is 5.91. The molecule has 2 N–H and O–H groups in total. The SMILES string of the molecule is COCC(C)(CC(=O)O)NC(=O)c1cc(Cn2cc(C)cn2)on1. The molecule has 0 aliphatic carbocycles. The van der Waals surface area contributed by atoms with E-state index < -0.39 is 17.4 Å². The van der Waals surface area contributed by atoms with E-state index in [-0.39, 0.29) is 18.7 Å². The Labute approximate surface area is 138 Å². The molecule has 1 atom stereocenters. The highest BCUT2D eigenvalue weighted by molar-refractivity contribution is 5.93. The minimum absolute atomic E-state index is 0.0578. The summed E-state index contributed by atoms with van der Waals surface area (Å²) < 4.78 is 11.8. The highest BCUT2D eigenvalue weighted by Crippen LogP contribution is 2.13. The van der Waals surface area contributed by atoms with E-state index in [1.165, 1.54) is 13.2 Å². The highest BCUT2D eigenvalue weighted by Gasteiger charge is 2.31. The van der Waals surface area contributed by atoms with E-state index in [2.05, 4.69) is 15.6 Å². The van der Waals surface area contributed by atoms with Gasteiger partial charge in [-0.05, 0) is 19.4 Å². The molecule has 0 bridgehead atoms. The number of ether oxygens (including phenoxy) is 1. The van der Waals surface area contributed by atoms with Crippen LogP contribution in [-0.2, 0) is 16.1 Å². The molecule has 130 valence electrons. The molecule has 0 spiro atoms. The van der Waals surface area contributed by atoms with Crippen LogP contribution in [0.15, 0.2) is 23.0 Å². The van der Waals surface area contributed by atoms with E-state index in [1.54, 1.807) is 17.8 Å². The normalized spacial score (nSPS) is 13.5. The van der Waals surface area contributed by atoms with Crippen LogP contribution in [0.2, 0.25) is 0 Å². The van der Waals surface area contributed by atoms with E-state index >= 15 is 0 Å². The van der Waals surface area contributed by atoms with Crippen LogP contribution in [-0.4, -0.2) is 51.2 Å². The van der Waals surface area contributed by atoms with Gasteiger partial charge in [-0.25, -0.2) is 0 Å². The summed E-state index contributed by atoms with van der Waals surface area (Å²) in [5, 5.41) is 19.5. The van der Waals surface area contributed by atoms with Crippen molar-refractivity contribution in [1.82, 2.24) is 20.3 Å². The Bertz CT molecular complexity index is 723. The zero-order valence-corrected chi connectivity index (χ0v) is 13.8. The van der Waals surface area contributed by atoms with Crippen LogP contribution in [0.25, 0.3) is 0 Å². The maximum Gasteiger partial charge on any atom is 0.305 e. The molecular weight excluding hydrogens is 316 g/mol. The number of carboxylic acid groups (broad SMARTS) is 1. The number of methoxy groups -OCH3 is 1. The topological polar surface area (TPSA) is 119 Å². The summed E-state index contributed by atoms with van der Waals surface area (Å²) in [6, 6.07) is 1.50. The molecule has 0 fully saturated rings. The molecule has 0 saturated heterocycles. The van der Waals surface area contributed by atoms with Gasteiger partial charge in [-0.1, -0.05) is 5.16 Å². The summed E-state index contributed by atoms with van der Waals surface area (Å²) in [7, 11) is 1.44. The number of carbonyl (C=O) groups excluding carboxylic acids is 1. The maximum atomic E-state index is 12.3. The molecule has 0 aliphatic heterocycles. The van der Waals surface area contributed by atoms with Gasteiger partial charge in [0.25, 0.3) is 5.91 Å². The standard InChI is InChI=1S/C15H20N4O5/c1-10-6-16-19(7-10)8-11-4-12(18-24-11)14(22)17-15(2,9-23-3)5-13(20)21/h4,6-7H,5,8-9H2,1-3H3,(H,17,22)(H,20,21). The summed E-state index contributed by atoms with van der Waals surface area (Å²) in [4.78, 5) is 23.2. The fraction of sp³-hybridized carbons (Fsp3) is 0.467. The lowest BCUT2D eigenvalue weighted by Crippen LogP contribution is -2.50. The van der Waals surface area contributed by atoms with Crippen molar-refractivity contribution in [2.45, 2.75) is 32.4 Å². The molecule has 1 amide bonds. The Hall–Kier alpha value is -2.68. The number of carboxylic acids is 1. The molecule has 9 nitrogen and oxygen atoms in total. The Morgan fingerprint density at radius 2 is 2.25 bits per heavy atom. The first-order chi connectivity index (χ1) is 11.3. The summed E-state index contributed by atoms with van der Waals surface area (Å²) in [5.74, 6) is -1.10.